The van der Waals surface area contributed by atoms with E-state index in [1.807, 2.05) is 13.8 Å². The van der Waals surface area contributed by atoms with E-state index in [4.69, 9.17) is 9.94 Å². The van der Waals surface area contributed by atoms with Gasteiger partial charge in [0.25, 0.3) is 5.91 Å². The lowest BCUT2D eigenvalue weighted by atomic mass is 9.87. The first kappa shape index (κ1) is 17.2. The number of hydrogen-bond donors (Lipinski definition) is 2. The molecular formula is C15H27N3O4. The van der Waals surface area contributed by atoms with E-state index in [1.165, 1.54) is 0 Å². The topological polar surface area (TPSA) is 85.6 Å². The SMILES string of the molecule is CC(C)N(C)C(=O)C1=NO[C@@]2(CCCN(C[C@H](O)CO)C2)C1. The molecule has 1 amide bonds. The van der Waals surface area contributed by atoms with Crippen molar-refractivity contribution in [3.8, 4) is 0 Å². The number of piperidine rings is 1. The van der Waals surface area contributed by atoms with Gasteiger partial charge in [0.2, 0.25) is 0 Å². The summed E-state index contributed by atoms with van der Waals surface area (Å²) in [6.45, 7) is 5.57. The Morgan fingerprint density at radius 2 is 2.27 bits per heavy atom. The number of aliphatic hydroxyl groups is 2. The minimum Gasteiger partial charge on any atom is -0.394 e. The van der Waals surface area contributed by atoms with Gasteiger partial charge in [-0.25, -0.2) is 0 Å². The summed E-state index contributed by atoms with van der Waals surface area (Å²) < 4.78 is 0. The molecule has 2 aliphatic rings. The van der Waals surface area contributed by atoms with Crippen molar-refractivity contribution in [2.75, 3.05) is 33.3 Å². The van der Waals surface area contributed by atoms with Crippen LogP contribution in [0.3, 0.4) is 0 Å². The lowest BCUT2D eigenvalue weighted by molar-refractivity contribution is -0.124. The van der Waals surface area contributed by atoms with E-state index in [2.05, 4.69) is 10.1 Å². The number of β-amino-alcohol motifs (C(OH)–C–C–N with tert-alkyl or cyclic N) is 1. The fraction of sp³-hybridized carbons (Fsp3) is 0.867. The van der Waals surface area contributed by atoms with E-state index in [0.717, 1.165) is 19.4 Å². The van der Waals surface area contributed by atoms with Crippen molar-refractivity contribution >= 4 is 11.6 Å². The maximum Gasteiger partial charge on any atom is 0.271 e. The maximum atomic E-state index is 12.3. The predicted molar refractivity (Wildman–Crippen MR) is 82.5 cm³/mol. The van der Waals surface area contributed by atoms with Crippen LogP contribution in [0.15, 0.2) is 5.16 Å². The van der Waals surface area contributed by atoms with E-state index < -0.39 is 11.7 Å². The van der Waals surface area contributed by atoms with Crippen molar-refractivity contribution < 1.29 is 19.8 Å². The summed E-state index contributed by atoms with van der Waals surface area (Å²) in [5.74, 6) is -0.0839. The molecule has 0 aliphatic carbocycles. The molecule has 2 heterocycles. The molecule has 1 saturated heterocycles. The second-order valence-electron chi connectivity index (χ2n) is 6.67. The average molecular weight is 313 g/mol. The number of rotatable bonds is 5. The molecule has 2 N–H and O–H groups in total. The molecule has 22 heavy (non-hydrogen) atoms. The summed E-state index contributed by atoms with van der Waals surface area (Å²) in [7, 11) is 1.77. The lowest BCUT2D eigenvalue weighted by Gasteiger charge is -2.38. The largest absolute Gasteiger partial charge is 0.394 e. The van der Waals surface area contributed by atoms with Crippen molar-refractivity contribution in [2.24, 2.45) is 5.16 Å². The van der Waals surface area contributed by atoms with Gasteiger partial charge in [0, 0.05) is 32.6 Å². The molecule has 126 valence electrons. The zero-order valence-corrected chi connectivity index (χ0v) is 13.7. The van der Waals surface area contributed by atoms with Gasteiger partial charge in [0.15, 0.2) is 5.60 Å². The molecule has 2 rings (SSSR count). The van der Waals surface area contributed by atoms with Gasteiger partial charge in [0.1, 0.15) is 5.71 Å². The first-order valence-electron chi connectivity index (χ1n) is 7.90. The lowest BCUT2D eigenvalue weighted by Crippen LogP contribution is -2.51. The summed E-state index contributed by atoms with van der Waals surface area (Å²) in [6.07, 6.45) is 1.54. The molecule has 0 aromatic carbocycles. The van der Waals surface area contributed by atoms with Crippen molar-refractivity contribution in [1.29, 1.82) is 0 Å². The number of amides is 1. The third kappa shape index (κ3) is 3.77. The molecule has 1 spiro atoms. The Kier molecular flexibility index (Phi) is 5.41. The number of hydrogen-bond acceptors (Lipinski definition) is 6. The van der Waals surface area contributed by atoms with Crippen LogP contribution in [0.4, 0.5) is 0 Å². The average Bonchev–Trinajstić information content (AvgIpc) is 2.88. The van der Waals surface area contributed by atoms with Crippen LogP contribution < -0.4 is 0 Å². The van der Waals surface area contributed by atoms with Crippen LogP contribution in [0.5, 0.6) is 0 Å². The summed E-state index contributed by atoms with van der Waals surface area (Å²) in [5, 5.41) is 22.6. The summed E-state index contributed by atoms with van der Waals surface area (Å²) in [4.78, 5) is 21.7. The van der Waals surface area contributed by atoms with Crippen LogP contribution >= 0.6 is 0 Å². The highest BCUT2D eigenvalue weighted by atomic mass is 16.7. The molecule has 0 unspecified atom stereocenters. The van der Waals surface area contributed by atoms with Crippen molar-refractivity contribution in [2.45, 2.75) is 50.9 Å². The van der Waals surface area contributed by atoms with Gasteiger partial charge in [-0.2, -0.15) is 0 Å². The maximum absolute atomic E-state index is 12.3. The summed E-state index contributed by atoms with van der Waals surface area (Å²) in [6, 6.07) is 0.120. The minimum absolute atomic E-state index is 0.0839. The highest BCUT2D eigenvalue weighted by Crippen LogP contribution is 2.33. The third-order valence-electron chi connectivity index (χ3n) is 4.48. The zero-order chi connectivity index (χ0) is 16.3. The highest BCUT2D eigenvalue weighted by Gasteiger charge is 2.45. The van der Waals surface area contributed by atoms with Crippen LogP contribution in [0.25, 0.3) is 0 Å². The van der Waals surface area contributed by atoms with Gasteiger partial charge in [0.05, 0.1) is 12.7 Å². The van der Waals surface area contributed by atoms with Gasteiger partial charge in [-0.15, -0.1) is 0 Å². The van der Waals surface area contributed by atoms with Crippen LogP contribution in [0.2, 0.25) is 0 Å². The zero-order valence-electron chi connectivity index (χ0n) is 13.7. The second kappa shape index (κ2) is 6.93. The van der Waals surface area contributed by atoms with Gasteiger partial charge in [-0.3, -0.25) is 9.69 Å². The smallest absolute Gasteiger partial charge is 0.271 e. The molecule has 0 saturated carbocycles. The quantitative estimate of drug-likeness (QED) is 0.735. The van der Waals surface area contributed by atoms with E-state index in [1.54, 1.807) is 11.9 Å². The first-order valence-corrected chi connectivity index (χ1v) is 7.90. The molecular weight excluding hydrogens is 286 g/mol. The number of carbonyl (C=O) groups is 1. The number of likely N-dealkylation sites (tertiary alicyclic amines) is 1. The molecule has 2 aliphatic heterocycles. The number of carbonyl (C=O) groups excluding carboxylic acids is 1. The Bertz CT molecular complexity index is 441. The molecule has 7 nitrogen and oxygen atoms in total. The van der Waals surface area contributed by atoms with E-state index in [0.29, 0.717) is 25.2 Å². The van der Waals surface area contributed by atoms with Crippen molar-refractivity contribution in [3.05, 3.63) is 0 Å². The monoisotopic (exact) mass is 313 g/mol. The van der Waals surface area contributed by atoms with Crippen LogP contribution in [0.1, 0.15) is 33.1 Å². The van der Waals surface area contributed by atoms with Crippen LogP contribution in [-0.2, 0) is 9.63 Å². The highest BCUT2D eigenvalue weighted by molar-refractivity contribution is 6.39. The fourth-order valence-corrected chi connectivity index (χ4v) is 3.00. The molecule has 0 bridgehead atoms. The minimum atomic E-state index is -0.745. The van der Waals surface area contributed by atoms with E-state index in [9.17, 15) is 9.90 Å². The Hall–Kier alpha value is -1.18. The molecule has 7 heteroatoms. The molecule has 0 aromatic rings. The van der Waals surface area contributed by atoms with E-state index in [-0.39, 0.29) is 18.6 Å². The molecule has 2 atom stereocenters. The molecule has 0 aromatic heterocycles. The second-order valence-corrected chi connectivity index (χ2v) is 6.67. The molecule has 1 fully saturated rings. The van der Waals surface area contributed by atoms with Gasteiger partial charge in [-0.1, -0.05) is 5.16 Å². The Morgan fingerprint density at radius 3 is 2.91 bits per heavy atom. The number of nitrogens with zero attached hydrogens (tertiary/aromatic N) is 3. The fourth-order valence-electron chi connectivity index (χ4n) is 3.00. The number of aliphatic hydroxyl groups excluding tert-OH is 2. The standard InChI is InChI=1S/C15H27N3O4/c1-11(2)17(3)14(21)13-7-15(22-16-13)5-4-6-18(10-15)8-12(20)9-19/h11-12,19-20H,4-10H2,1-3H3/t12-,15-/m0/s1. The van der Waals surface area contributed by atoms with Crippen molar-refractivity contribution in [3.63, 3.8) is 0 Å². The third-order valence-corrected chi connectivity index (χ3v) is 4.48. The normalized spacial score (nSPS) is 26.9. The Labute approximate surface area is 131 Å². The first-order chi connectivity index (χ1) is 10.4. The van der Waals surface area contributed by atoms with Crippen molar-refractivity contribution in [1.82, 2.24) is 9.80 Å². The van der Waals surface area contributed by atoms with Gasteiger partial charge in [-0.05, 0) is 33.2 Å². The van der Waals surface area contributed by atoms with Crippen LogP contribution in [-0.4, -0.2) is 82.7 Å². The Morgan fingerprint density at radius 1 is 1.55 bits per heavy atom. The van der Waals surface area contributed by atoms with Gasteiger partial charge < -0.3 is 20.0 Å². The summed E-state index contributed by atoms with van der Waals surface area (Å²) >= 11 is 0. The van der Waals surface area contributed by atoms with Gasteiger partial charge >= 0.3 is 0 Å². The molecule has 0 radical (unpaired) electrons. The Balaban J connectivity index is 1.95. The van der Waals surface area contributed by atoms with E-state index >= 15 is 0 Å². The predicted octanol–water partition coefficient (Wildman–Crippen LogP) is -0.183. The summed E-state index contributed by atoms with van der Waals surface area (Å²) in [5.41, 5.74) is 0.0109. The van der Waals surface area contributed by atoms with Crippen LogP contribution in [0, 0.1) is 0 Å². The number of oxime groups is 1.